The number of fused-ring (bicyclic) bond motifs is 9. The van der Waals surface area contributed by atoms with Gasteiger partial charge in [-0.2, -0.15) is 0 Å². The zero-order valence-corrected chi connectivity index (χ0v) is 32.7. The minimum atomic E-state index is 0.858. The molecule has 1 aromatic heterocycles. The van der Waals surface area contributed by atoms with E-state index in [4.69, 9.17) is 4.42 Å². The number of hydrogen-bond donors (Lipinski definition) is 0. The zero-order chi connectivity index (χ0) is 39.6. The summed E-state index contributed by atoms with van der Waals surface area (Å²) in [4.78, 5) is 2.38. The third-order valence-electron chi connectivity index (χ3n) is 12.2. The van der Waals surface area contributed by atoms with Gasteiger partial charge in [0.2, 0.25) is 0 Å². The molecule has 0 atom stereocenters. The third-order valence-corrected chi connectivity index (χ3v) is 12.2. The van der Waals surface area contributed by atoms with E-state index in [-0.39, 0.29) is 0 Å². The van der Waals surface area contributed by atoms with Crippen molar-refractivity contribution in [3.63, 3.8) is 0 Å². The molecule has 0 amide bonds. The molecule has 2 nitrogen and oxygen atoms in total. The van der Waals surface area contributed by atoms with E-state index in [1.807, 2.05) is 0 Å². The van der Waals surface area contributed by atoms with Crippen LogP contribution >= 0.6 is 0 Å². The average molecular weight is 764 g/mol. The molecule has 0 N–H and O–H groups in total. The molecule has 280 valence electrons. The Morgan fingerprint density at radius 1 is 0.283 bits per heavy atom. The molecule has 0 aliphatic heterocycles. The van der Waals surface area contributed by atoms with E-state index in [2.05, 4.69) is 229 Å². The zero-order valence-electron chi connectivity index (χ0n) is 32.7. The first-order valence-corrected chi connectivity index (χ1v) is 20.6. The third kappa shape index (κ3) is 5.65. The maximum absolute atomic E-state index is 6.65. The van der Waals surface area contributed by atoms with Crippen LogP contribution in [-0.4, -0.2) is 0 Å². The van der Waals surface area contributed by atoms with Crippen LogP contribution in [0.1, 0.15) is 0 Å². The monoisotopic (exact) mass is 763 g/mol. The van der Waals surface area contributed by atoms with Gasteiger partial charge in [-0.1, -0.05) is 164 Å². The van der Waals surface area contributed by atoms with E-state index in [0.717, 1.165) is 44.6 Å². The standard InChI is InChI=1S/C58H37NO/c1-2-11-38(12-3-1)44-29-34-52-57(37-44)60-56-20-10-19-55(58(52)56)59(46-30-25-39(26-31-46)43-24-23-41-22-21-40-13-4-6-15-48(40)53(41)35-43)47-32-27-42(28-33-47)54-36-45-14-5-7-16-49(45)50-17-8-9-18-51(50)54/h1-37H. The van der Waals surface area contributed by atoms with Crippen molar-refractivity contribution in [2.24, 2.45) is 0 Å². The van der Waals surface area contributed by atoms with Crippen LogP contribution in [0.5, 0.6) is 0 Å². The maximum Gasteiger partial charge on any atom is 0.137 e. The normalized spacial score (nSPS) is 11.7. The second-order valence-electron chi connectivity index (χ2n) is 15.7. The van der Waals surface area contributed by atoms with E-state index in [9.17, 15) is 0 Å². The summed E-state index contributed by atoms with van der Waals surface area (Å²) in [5.41, 5.74) is 12.0. The van der Waals surface area contributed by atoms with E-state index < -0.39 is 0 Å². The summed E-state index contributed by atoms with van der Waals surface area (Å²) in [6, 6.07) is 81.2. The van der Waals surface area contributed by atoms with E-state index in [1.54, 1.807) is 0 Å². The first kappa shape index (κ1) is 34.1. The lowest BCUT2D eigenvalue weighted by Crippen LogP contribution is -2.10. The van der Waals surface area contributed by atoms with Crippen LogP contribution < -0.4 is 4.90 Å². The molecule has 0 bridgehead atoms. The van der Waals surface area contributed by atoms with Crippen LogP contribution in [0.3, 0.4) is 0 Å². The average Bonchev–Trinajstić information content (AvgIpc) is 3.71. The van der Waals surface area contributed by atoms with E-state index in [1.165, 1.54) is 70.9 Å². The molecule has 12 aromatic rings. The highest BCUT2D eigenvalue weighted by molar-refractivity contribution is 6.15. The Morgan fingerprint density at radius 3 is 1.60 bits per heavy atom. The molecule has 0 aliphatic carbocycles. The molecule has 0 aliphatic rings. The number of furan rings is 1. The molecule has 1 heterocycles. The Bertz CT molecular complexity index is 3580. The van der Waals surface area contributed by atoms with Gasteiger partial charge in [-0.05, 0) is 137 Å². The van der Waals surface area contributed by atoms with Gasteiger partial charge < -0.3 is 9.32 Å². The molecule has 0 spiro atoms. The molecule has 0 saturated carbocycles. The Labute approximate surface area is 347 Å². The smallest absolute Gasteiger partial charge is 0.137 e. The Kier molecular flexibility index (Phi) is 7.89. The fourth-order valence-corrected chi connectivity index (χ4v) is 9.30. The number of rotatable bonds is 6. The van der Waals surface area contributed by atoms with Crippen LogP contribution in [0.2, 0.25) is 0 Å². The summed E-state index contributed by atoms with van der Waals surface area (Å²) >= 11 is 0. The fourth-order valence-electron chi connectivity index (χ4n) is 9.30. The van der Waals surface area contributed by atoms with Crippen LogP contribution in [0, 0.1) is 0 Å². The number of anilines is 3. The lowest BCUT2D eigenvalue weighted by Gasteiger charge is -2.27. The summed E-state index contributed by atoms with van der Waals surface area (Å²) in [6.45, 7) is 0. The summed E-state index contributed by atoms with van der Waals surface area (Å²) in [6.07, 6.45) is 0. The van der Waals surface area contributed by atoms with Crippen molar-refractivity contribution in [3.05, 3.63) is 224 Å². The van der Waals surface area contributed by atoms with E-state index in [0.29, 0.717) is 0 Å². The van der Waals surface area contributed by atoms with E-state index >= 15 is 0 Å². The molecule has 12 rings (SSSR count). The molecular weight excluding hydrogens is 727 g/mol. The Morgan fingerprint density at radius 2 is 0.833 bits per heavy atom. The minimum absolute atomic E-state index is 0.858. The van der Waals surface area contributed by atoms with Gasteiger partial charge in [0, 0.05) is 16.8 Å². The van der Waals surface area contributed by atoms with Gasteiger partial charge in [0.1, 0.15) is 11.2 Å². The SMILES string of the molecule is c1ccc(-c2ccc3c(c2)oc2cccc(N(c4ccc(-c5ccc6ccc7ccccc7c6c5)cc4)c4ccc(-c5cc6ccccc6c6ccccc56)cc4)c23)cc1. The van der Waals surface area contributed by atoms with Gasteiger partial charge in [-0.25, -0.2) is 0 Å². The molecule has 60 heavy (non-hydrogen) atoms. The number of benzene rings is 11. The number of nitrogens with zero attached hydrogens (tertiary/aromatic N) is 1. The van der Waals surface area contributed by atoms with Gasteiger partial charge in [-0.3, -0.25) is 0 Å². The van der Waals surface area contributed by atoms with Gasteiger partial charge in [-0.15, -0.1) is 0 Å². The predicted octanol–water partition coefficient (Wildman–Crippen LogP) is 16.7. The highest BCUT2D eigenvalue weighted by Gasteiger charge is 2.20. The molecule has 2 heteroatoms. The maximum atomic E-state index is 6.65. The predicted molar refractivity (Wildman–Crippen MR) is 255 cm³/mol. The second-order valence-corrected chi connectivity index (χ2v) is 15.7. The molecule has 0 saturated heterocycles. The van der Waals surface area contributed by atoms with Crippen LogP contribution in [0.15, 0.2) is 229 Å². The van der Waals surface area contributed by atoms with Crippen molar-refractivity contribution in [1.29, 1.82) is 0 Å². The Hall–Kier alpha value is -7.94. The van der Waals surface area contributed by atoms with Crippen molar-refractivity contribution in [1.82, 2.24) is 0 Å². The summed E-state index contributed by atoms with van der Waals surface area (Å²) in [7, 11) is 0. The Balaban J connectivity index is 1.01. The van der Waals surface area contributed by atoms with Crippen molar-refractivity contribution >= 4 is 82.1 Å². The molecule has 0 fully saturated rings. The quantitative estimate of drug-likeness (QED) is 0.157. The topological polar surface area (TPSA) is 16.4 Å². The highest BCUT2D eigenvalue weighted by Crippen LogP contribution is 2.45. The van der Waals surface area contributed by atoms with Gasteiger partial charge >= 0.3 is 0 Å². The first-order valence-electron chi connectivity index (χ1n) is 20.6. The summed E-state index contributed by atoms with van der Waals surface area (Å²) in [5.74, 6) is 0. The van der Waals surface area contributed by atoms with Crippen molar-refractivity contribution in [2.75, 3.05) is 4.90 Å². The first-order chi connectivity index (χ1) is 29.7. The van der Waals surface area contributed by atoms with Gasteiger partial charge in [0.25, 0.3) is 0 Å². The molecular formula is C58H37NO. The lowest BCUT2D eigenvalue weighted by atomic mass is 9.93. The number of hydrogen-bond acceptors (Lipinski definition) is 2. The molecule has 11 aromatic carbocycles. The highest BCUT2D eigenvalue weighted by atomic mass is 16.3. The van der Waals surface area contributed by atoms with Crippen molar-refractivity contribution in [3.8, 4) is 33.4 Å². The summed E-state index contributed by atoms with van der Waals surface area (Å²) < 4.78 is 6.65. The van der Waals surface area contributed by atoms with Crippen molar-refractivity contribution in [2.45, 2.75) is 0 Å². The van der Waals surface area contributed by atoms with Crippen molar-refractivity contribution < 1.29 is 4.42 Å². The lowest BCUT2D eigenvalue weighted by molar-refractivity contribution is 0.669. The molecule has 0 radical (unpaired) electrons. The van der Waals surface area contributed by atoms with Crippen LogP contribution in [-0.2, 0) is 0 Å². The largest absolute Gasteiger partial charge is 0.456 e. The minimum Gasteiger partial charge on any atom is -0.456 e. The van der Waals surface area contributed by atoms with Crippen LogP contribution in [0.4, 0.5) is 17.1 Å². The van der Waals surface area contributed by atoms with Gasteiger partial charge in [0.05, 0.1) is 11.1 Å². The molecule has 0 unspecified atom stereocenters. The van der Waals surface area contributed by atoms with Gasteiger partial charge in [0.15, 0.2) is 0 Å². The summed E-state index contributed by atoms with van der Waals surface area (Å²) in [5, 5.41) is 12.3. The second kappa shape index (κ2) is 13.9. The van der Waals surface area contributed by atoms with Crippen LogP contribution in [0.25, 0.3) is 98.4 Å². The fraction of sp³-hybridized carbons (Fsp3) is 0.